The Morgan fingerprint density at radius 1 is 1.62 bits per heavy atom. The quantitative estimate of drug-likeness (QED) is 0.553. The normalized spacial score (nSPS) is 18.0. The number of aliphatic hydroxyl groups is 2. The zero-order chi connectivity index (χ0) is 6.57. The van der Waals surface area contributed by atoms with E-state index >= 15 is 0 Å². The molecule has 0 saturated heterocycles. The van der Waals surface area contributed by atoms with Crippen LogP contribution >= 0.6 is 11.6 Å². The van der Waals surface area contributed by atoms with E-state index in [1.807, 2.05) is 0 Å². The molecule has 0 fully saturated rings. The van der Waals surface area contributed by atoms with Gasteiger partial charge in [-0.25, -0.2) is 0 Å². The first-order valence-electron chi connectivity index (χ1n) is 2.61. The molecular weight excluding hydrogens is 128 g/mol. The summed E-state index contributed by atoms with van der Waals surface area (Å²) in [4.78, 5) is 0. The maximum absolute atomic E-state index is 8.83. The summed E-state index contributed by atoms with van der Waals surface area (Å²) < 4.78 is 0. The molecule has 2 atom stereocenters. The highest BCUT2D eigenvalue weighted by atomic mass is 35.5. The fraction of sp³-hybridized carbons (Fsp3) is 1.00. The zero-order valence-electron chi connectivity index (χ0n) is 4.84. The molecule has 8 heavy (non-hydrogen) atoms. The summed E-state index contributed by atoms with van der Waals surface area (Å²) in [5.41, 5.74) is 0. The lowest BCUT2D eigenvalue weighted by molar-refractivity contribution is 0.132. The lowest BCUT2D eigenvalue weighted by Gasteiger charge is -2.09. The molecule has 0 aromatic heterocycles. The minimum atomic E-state index is -0.568. The Morgan fingerprint density at radius 2 is 2.12 bits per heavy atom. The predicted octanol–water partition coefficient (Wildman–Crippen LogP) is 0.357. The number of hydrogen-bond acceptors (Lipinski definition) is 2. The van der Waals surface area contributed by atoms with E-state index in [-0.39, 0.29) is 12.0 Å². The molecule has 0 aromatic carbocycles. The molecule has 3 heteroatoms. The van der Waals surface area contributed by atoms with Gasteiger partial charge in [0.25, 0.3) is 0 Å². The molecule has 2 unspecified atom stereocenters. The Hall–Kier alpha value is 0.210. The van der Waals surface area contributed by atoms with Gasteiger partial charge in [0.05, 0.1) is 11.5 Å². The second kappa shape index (κ2) is 4.13. The average molecular weight is 139 g/mol. The first-order valence-corrected chi connectivity index (χ1v) is 3.05. The topological polar surface area (TPSA) is 40.5 Å². The summed E-state index contributed by atoms with van der Waals surface area (Å²) in [6.07, 6.45) is -0.202. The van der Waals surface area contributed by atoms with E-state index in [2.05, 4.69) is 0 Å². The fourth-order valence-corrected chi connectivity index (χ4v) is 0.488. The highest BCUT2D eigenvalue weighted by Crippen LogP contribution is 2.03. The van der Waals surface area contributed by atoms with Crippen LogP contribution in [0, 0.1) is 0 Å². The van der Waals surface area contributed by atoms with Crippen LogP contribution in [0.4, 0.5) is 0 Å². The largest absolute Gasteiger partial charge is 0.396 e. The molecule has 0 spiro atoms. The van der Waals surface area contributed by atoms with Gasteiger partial charge in [-0.2, -0.15) is 0 Å². The number of halogens is 1. The van der Waals surface area contributed by atoms with Crippen LogP contribution < -0.4 is 0 Å². The van der Waals surface area contributed by atoms with Crippen molar-refractivity contribution in [1.29, 1.82) is 0 Å². The molecule has 0 bridgehead atoms. The van der Waals surface area contributed by atoms with Crippen LogP contribution in [0.15, 0.2) is 0 Å². The van der Waals surface area contributed by atoms with Crippen LogP contribution in [0.5, 0.6) is 0 Å². The molecule has 0 aliphatic carbocycles. The second-order valence-corrected chi connectivity index (χ2v) is 2.45. The van der Waals surface area contributed by atoms with Crippen molar-refractivity contribution in [3.63, 3.8) is 0 Å². The van der Waals surface area contributed by atoms with Crippen LogP contribution in [0.2, 0.25) is 0 Å². The van der Waals surface area contributed by atoms with Crippen molar-refractivity contribution in [2.24, 2.45) is 0 Å². The van der Waals surface area contributed by atoms with Gasteiger partial charge in [0.15, 0.2) is 0 Å². The van der Waals surface area contributed by atoms with Crippen LogP contribution in [-0.4, -0.2) is 28.3 Å². The van der Waals surface area contributed by atoms with Crippen molar-refractivity contribution in [1.82, 2.24) is 0 Å². The predicted molar refractivity (Wildman–Crippen MR) is 33.0 cm³/mol. The SMILES string of the molecule is CC(Cl)C(O)CCO. The van der Waals surface area contributed by atoms with Gasteiger partial charge in [-0.3, -0.25) is 0 Å². The molecule has 0 amide bonds. The Kier molecular flexibility index (Phi) is 4.23. The fourth-order valence-electron chi connectivity index (χ4n) is 0.362. The van der Waals surface area contributed by atoms with Gasteiger partial charge in [0.2, 0.25) is 0 Å². The summed E-state index contributed by atoms with van der Waals surface area (Å²) in [7, 11) is 0. The maximum Gasteiger partial charge on any atom is 0.0722 e. The van der Waals surface area contributed by atoms with E-state index in [9.17, 15) is 0 Å². The standard InChI is InChI=1S/C5H11ClO2/c1-4(6)5(8)2-3-7/h4-5,7-8H,2-3H2,1H3. The van der Waals surface area contributed by atoms with E-state index in [1.165, 1.54) is 0 Å². The van der Waals surface area contributed by atoms with Crippen LogP contribution in [0.25, 0.3) is 0 Å². The molecule has 2 N–H and O–H groups in total. The van der Waals surface area contributed by atoms with E-state index < -0.39 is 6.10 Å². The zero-order valence-corrected chi connectivity index (χ0v) is 5.60. The molecule has 0 aliphatic rings. The molecule has 2 nitrogen and oxygen atoms in total. The smallest absolute Gasteiger partial charge is 0.0722 e. The minimum Gasteiger partial charge on any atom is -0.396 e. The molecule has 0 heterocycles. The average Bonchev–Trinajstić information content (AvgIpc) is 1.67. The van der Waals surface area contributed by atoms with Crippen molar-refractivity contribution in [2.75, 3.05) is 6.61 Å². The van der Waals surface area contributed by atoms with Crippen LogP contribution in [0.1, 0.15) is 13.3 Å². The minimum absolute atomic E-state index is 0.00176. The molecule has 0 rings (SSSR count). The number of rotatable bonds is 3. The van der Waals surface area contributed by atoms with Gasteiger partial charge in [-0.05, 0) is 13.3 Å². The summed E-state index contributed by atoms with van der Waals surface area (Å²) in [6, 6.07) is 0. The highest BCUT2D eigenvalue weighted by Gasteiger charge is 2.08. The van der Waals surface area contributed by atoms with Crippen molar-refractivity contribution in [3.05, 3.63) is 0 Å². The van der Waals surface area contributed by atoms with Gasteiger partial charge < -0.3 is 10.2 Å². The van der Waals surface area contributed by atoms with Crippen molar-refractivity contribution < 1.29 is 10.2 Å². The first kappa shape index (κ1) is 8.21. The van der Waals surface area contributed by atoms with E-state index in [1.54, 1.807) is 6.92 Å². The van der Waals surface area contributed by atoms with Crippen molar-refractivity contribution in [2.45, 2.75) is 24.8 Å². The summed E-state index contributed by atoms with van der Waals surface area (Å²) in [6.45, 7) is 1.69. The molecule has 0 aromatic rings. The number of alkyl halides is 1. The highest BCUT2D eigenvalue weighted by molar-refractivity contribution is 6.20. The van der Waals surface area contributed by atoms with E-state index in [0.717, 1.165) is 0 Å². The van der Waals surface area contributed by atoms with Gasteiger partial charge in [0.1, 0.15) is 0 Å². The van der Waals surface area contributed by atoms with Crippen molar-refractivity contribution in [3.8, 4) is 0 Å². The van der Waals surface area contributed by atoms with Crippen LogP contribution in [0.3, 0.4) is 0 Å². The Balaban J connectivity index is 3.17. The Labute approximate surface area is 54.1 Å². The van der Waals surface area contributed by atoms with Gasteiger partial charge in [-0.1, -0.05) is 0 Å². The number of aliphatic hydroxyl groups excluding tert-OH is 2. The molecule has 0 saturated carbocycles. The molecular formula is C5H11ClO2. The molecule has 0 aliphatic heterocycles. The lowest BCUT2D eigenvalue weighted by Crippen LogP contribution is -2.18. The third-order valence-electron chi connectivity index (χ3n) is 0.955. The molecule has 0 radical (unpaired) electrons. The monoisotopic (exact) mass is 138 g/mol. The van der Waals surface area contributed by atoms with Crippen molar-refractivity contribution >= 4 is 11.6 Å². The van der Waals surface area contributed by atoms with E-state index in [0.29, 0.717) is 6.42 Å². The van der Waals surface area contributed by atoms with Gasteiger partial charge in [0, 0.05) is 6.61 Å². The third-order valence-corrected chi connectivity index (χ3v) is 1.25. The maximum atomic E-state index is 8.83. The molecule has 50 valence electrons. The summed E-state index contributed by atoms with van der Waals surface area (Å²) >= 11 is 5.45. The van der Waals surface area contributed by atoms with Gasteiger partial charge >= 0.3 is 0 Å². The Morgan fingerprint density at radius 3 is 2.25 bits per heavy atom. The van der Waals surface area contributed by atoms with Gasteiger partial charge in [-0.15, -0.1) is 11.6 Å². The lowest BCUT2D eigenvalue weighted by atomic mass is 10.2. The summed E-state index contributed by atoms with van der Waals surface area (Å²) in [5.74, 6) is 0. The Bertz CT molecular complexity index is 56.4. The van der Waals surface area contributed by atoms with Crippen LogP contribution in [-0.2, 0) is 0 Å². The second-order valence-electron chi connectivity index (χ2n) is 1.76. The van der Waals surface area contributed by atoms with E-state index in [4.69, 9.17) is 21.8 Å². The first-order chi connectivity index (χ1) is 3.68. The summed E-state index contributed by atoms with van der Waals surface area (Å²) in [5, 5.41) is 16.8. The number of hydrogen-bond donors (Lipinski definition) is 2. The third kappa shape index (κ3) is 3.24.